The zero-order chi connectivity index (χ0) is 10.8. The number of hydrogen-bond acceptors (Lipinski definition) is 2. The van der Waals surface area contributed by atoms with Gasteiger partial charge in [0.15, 0.2) is 0 Å². The van der Waals surface area contributed by atoms with Gasteiger partial charge in [0.1, 0.15) is 0 Å². The molecule has 0 bridgehead atoms. The average molecular weight is 194 g/mol. The molecule has 0 unspecified atom stereocenters. The van der Waals surface area contributed by atoms with Crippen molar-refractivity contribution in [3.63, 3.8) is 0 Å². The summed E-state index contributed by atoms with van der Waals surface area (Å²) in [4.78, 5) is 9.00. The first-order chi connectivity index (χ1) is 6.66. The third kappa shape index (κ3) is 8.33. The Labute approximate surface area is 83.3 Å². The number of allylic oxidation sites excluding steroid dienone is 1. The van der Waals surface area contributed by atoms with Crippen molar-refractivity contribution < 1.29 is 15.0 Å². The highest BCUT2D eigenvalue weighted by atomic mass is 16.4. The van der Waals surface area contributed by atoms with Crippen molar-refractivity contribution in [1.29, 1.82) is 0 Å². The zero-order valence-electron chi connectivity index (χ0n) is 8.05. The molecule has 3 nitrogen and oxygen atoms in total. The predicted molar refractivity (Wildman–Crippen MR) is 55.2 cm³/mol. The van der Waals surface area contributed by atoms with Gasteiger partial charge < -0.3 is 10.2 Å². The highest BCUT2D eigenvalue weighted by Crippen LogP contribution is 1.99. The molecule has 0 amide bonds. The minimum atomic E-state index is -0.833. The molecular formula is C11H14O3. The number of carboxylic acid groups (broad SMARTS) is 1. The fraction of sp³-hybridized carbons (Fsp3) is 0.182. The second kappa shape index (κ2) is 7.86. The topological polar surface area (TPSA) is 57.5 Å². The van der Waals surface area contributed by atoms with Gasteiger partial charge in [-0.25, -0.2) is 0 Å². The molecular weight excluding hydrogens is 180 g/mol. The van der Waals surface area contributed by atoms with E-state index in [4.69, 9.17) is 15.0 Å². The number of hydrogen-bond donors (Lipinski definition) is 2. The summed E-state index contributed by atoms with van der Waals surface area (Å²) in [5, 5.41) is 15.8. The van der Waals surface area contributed by atoms with Crippen LogP contribution in [0.25, 0.3) is 0 Å². The third-order valence-corrected chi connectivity index (χ3v) is 1.30. The van der Waals surface area contributed by atoms with E-state index in [-0.39, 0.29) is 0 Å². The molecule has 3 heteroatoms. The second-order valence-corrected chi connectivity index (χ2v) is 2.59. The highest BCUT2D eigenvalue weighted by Gasteiger charge is 1.83. The van der Waals surface area contributed by atoms with Crippen LogP contribution in [0.5, 0.6) is 0 Å². The second-order valence-electron chi connectivity index (χ2n) is 2.59. The van der Waals surface area contributed by atoms with Gasteiger partial charge >= 0.3 is 0 Å². The number of carbonyl (C=O) groups is 1. The Bertz CT molecular complexity index is 274. The van der Waals surface area contributed by atoms with Crippen LogP contribution in [0.2, 0.25) is 0 Å². The van der Waals surface area contributed by atoms with Crippen LogP contribution in [0.3, 0.4) is 0 Å². The molecule has 0 heterocycles. The summed E-state index contributed by atoms with van der Waals surface area (Å²) < 4.78 is 0. The van der Waals surface area contributed by atoms with Crippen molar-refractivity contribution in [2.75, 3.05) is 0 Å². The van der Waals surface area contributed by atoms with Crippen molar-refractivity contribution in [3.8, 4) is 0 Å². The fourth-order valence-corrected chi connectivity index (χ4v) is 0.803. The standard InChI is InChI=1S/C9H10O.C2H4O2/c10-8-4-7-9-5-2-1-3-6-9;1-2(3)4/h1-6,8,10H,7H2;1H3,(H,3,4). The van der Waals surface area contributed by atoms with E-state index in [2.05, 4.69) is 0 Å². The number of aliphatic hydroxyl groups excluding tert-OH is 1. The Morgan fingerprint density at radius 3 is 2.29 bits per heavy atom. The Morgan fingerprint density at radius 2 is 1.86 bits per heavy atom. The summed E-state index contributed by atoms with van der Waals surface area (Å²) in [6, 6.07) is 10.0. The van der Waals surface area contributed by atoms with E-state index in [0.717, 1.165) is 19.6 Å². The maximum Gasteiger partial charge on any atom is 0.300 e. The van der Waals surface area contributed by atoms with Crippen molar-refractivity contribution in [1.82, 2.24) is 0 Å². The normalized spacial score (nSPS) is 9.21. The number of benzene rings is 1. The van der Waals surface area contributed by atoms with Crippen molar-refractivity contribution >= 4 is 5.97 Å². The van der Waals surface area contributed by atoms with E-state index >= 15 is 0 Å². The van der Waals surface area contributed by atoms with E-state index in [1.807, 2.05) is 30.3 Å². The molecule has 76 valence electrons. The Morgan fingerprint density at radius 1 is 1.36 bits per heavy atom. The molecule has 0 saturated heterocycles. The number of rotatable bonds is 2. The summed E-state index contributed by atoms with van der Waals surface area (Å²) in [5.41, 5.74) is 1.22. The van der Waals surface area contributed by atoms with Gasteiger partial charge in [-0.3, -0.25) is 4.79 Å². The van der Waals surface area contributed by atoms with Gasteiger partial charge in [-0.05, 0) is 18.1 Å². The SMILES string of the molecule is CC(=O)O.OC=CCc1ccccc1. The largest absolute Gasteiger partial charge is 0.516 e. The van der Waals surface area contributed by atoms with E-state index in [9.17, 15) is 0 Å². The van der Waals surface area contributed by atoms with Gasteiger partial charge in [0.2, 0.25) is 0 Å². The summed E-state index contributed by atoms with van der Waals surface area (Å²) in [6.07, 6.45) is 3.60. The van der Waals surface area contributed by atoms with Crippen LogP contribution in [0.4, 0.5) is 0 Å². The zero-order valence-corrected chi connectivity index (χ0v) is 8.05. The van der Waals surface area contributed by atoms with Crippen LogP contribution in [0.1, 0.15) is 12.5 Å². The minimum Gasteiger partial charge on any atom is -0.516 e. The Hall–Kier alpha value is -1.77. The first-order valence-electron chi connectivity index (χ1n) is 4.19. The quantitative estimate of drug-likeness (QED) is 0.711. The molecule has 0 spiro atoms. The summed E-state index contributed by atoms with van der Waals surface area (Å²) >= 11 is 0. The fourth-order valence-electron chi connectivity index (χ4n) is 0.803. The van der Waals surface area contributed by atoms with Gasteiger partial charge in [0, 0.05) is 6.92 Å². The molecule has 0 fully saturated rings. The van der Waals surface area contributed by atoms with Gasteiger partial charge in [-0.15, -0.1) is 0 Å². The molecule has 1 aromatic rings. The Balaban J connectivity index is 0.000000364. The molecule has 0 aliphatic heterocycles. The van der Waals surface area contributed by atoms with E-state index < -0.39 is 5.97 Å². The predicted octanol–water partition coefficient (Wildman–Crippen LogP) is 2.39. The molecule has 0 aliphatic rings. The van der Waals surface area contributed by atoms with Crippen LogP contribution >= 0.6 is 0 Å². The minimum absolute atomic E-state index is 0.803. The third-order valence-electron chi connectivity index (χ3n) is 1.30. The van der Waals surface area contributed by atoms with Crippen LogP contribution in [0.15, 0.2) is 42.7 Å². The Kier molecular flexibility index (Phi) is 6.86. The molecule has 0 aliphatic carbocycles. The van der Waals surface area contributed by atoms with Gasteiger partial charge in [-0.1, -0.05) is 30.3 Å². The first-order valence-corrected chi connectivity index (χ1v) is 4.19. The van der Waals surface area contributed by atoms with E-state index in [0.29, 0.717) is 0 Å². The van der Waals surface area contributed by atoms with Crippen LogP contribution in [0, 0.1) is 0 Å². The first kappa shape index (κ1) is 12.2. The number of aliphatic carboxylic acids is 1. The van der Waals surface area contributed by atoms with Crippen molar-refractivity contribution in [3.05, 3.63) is 48.2 Å². The van der Waals surface area contributed by atoms with Crippen LogP contribution < -0.4 is 0 Å². The highest BCUT2D eigenvalue weighted by molar-refractivity contribution is 5.62. The lowest BCUT2D eigenvalue weighted by molar-refractivity contribution is -0.134. The van der Waals surface area contributed by atoms with Crippen LogP contribution in [-0.2, 0) is 11.2 Å². The van der Waals surface area contributed by atoms with Gasteiger partial charge in [-0.2, -0.15) is 0 Å². The van der Waals surface area contributed by atoms with Gasteiger partial charge in [0.05, 0.1) is 6.26 Å². The summed E-state index contributed by atoms with van der Waals surface area (Å²) in [5.74, 6) is -0.833. The molecule has 1 aromatic carbocycles. The van der Waals surface area contributed by atoms with Crippen molar-refractivity contribution in [2.45, 2.75) is 13.3 Å². The maximum absolute atomic E-state index is 9.00. The molecule has 14 heavy (non-hydrogen) atoms. The van der Waals surface area contributed by atoms with Crippen LogP contribution in [-0.4, -0.2) is 16.2 Å². The lowest BCUT2D eigenvalue weighted by atomic mass is 10.2. The lowest BCUT2D eigenvalue weighted by Gasteiger charge is -1.91. The molecule has 2 N–H and O–H groups in total. The molecule has 0 atom stereocenters. The molecule has 1 rings (SSSR count). The number of aliphatic hydroxyl groups is 1. The maximum atomic E-state index is 9.00. The number of carboxylic acids is 1. The molecule has 0 aromatic heterocycles. The monoisotopic (exact) mass is 194 g/mol. The summed E-state index contributed by atoms with van der Waals surface area (Å²) in [7, 11) is 0. The van der Waals surface area contributed by atoms with Crippen molar-refractivity contribution in [2.24, 2.45) is 0 Å². The lowest BCUT2D eigenvalue weighted by Crippen LogP contribution is -1.78. The van der Waals surface area contributed by atoms with E-state index in [1.165, 1.54) is 5.56 Å². The van der Waals surface area contributed by atoms with Gasteiger partial charge in [0.25, 0.3) is 5.97 Å². The molecule has 0 radical (unpaired) electrons. The summed E-state index contributed by atoms with van der Waals surface area (Å²) in [6.45, 7) is 1.08. The molecule has 0 saturated carbocycles. The average Bonchev–Trinajstić information content (AvgIpc) is 2.15. The van der Waals surface area contributed by atoms with E-state index in [1.54, 1.807) is 6.08 Å². The smallest absolute Gasteiger partial charge is 0.300 e.